The summed E-state index contributed by atoms with van der Waals surface area (Å²) in [4.78, 5) is 42.3. The first kappa shape index (κ1) is 33.5. The van der Waals surface area contributed by atoms with E-state index < -0.39 is 22.8 Å². The van der Waals surface area contributed by atoms with Crippen LogP contribution in [0.5, 0.6) is 11.5 Å². The molecule has 2 aliphatic rings. The Bertz CT molecular complexity index is 1430. The molecule has 0 aromatic heterocycles. The summed E-state index contributed by atoms with van der Waals surface area (Å²) in [7, 11) is 1.63. The van der Waals surface area contributed by atoms with Gasteiger partial charge in [0.15, 0.2) is 11.5 Å². The third-order valence-electron chi connectivity index (χ3n) is 7.94. The molecule has 0 bridgehead atoms. The molecule has 12 heteroatoms. The molecule has 0 aliphatic carbocycles. The van der Waals surface area contributed by atoms with Crippen LogP contribution in [0.25, 0.3) is 0 Å². The topological polar surface area (TPSA) is 133 Å². The first-order chi connectivity index (χ1) is 21.7. The van der Waals surface area contributed by atoms with Gasteiger partial charge in [-0.2, -0.15) is 0 Å². The van der Waals surface area contributed by atoms with Crippen molar-refractivity contribution in [3.05, 3.63) is 86.7 Å². The number of allylic oxidation sites excluding steroid dienone is 2. The molecule has 1 N–H and O–H groups in total. The van der Waals surface area contributed by atoms with Crippen molar-refractivity contribution in [2.75, 3.05) is 66.2 Å². The second-order valence-corrected chi connectivity index (χ2v) is 10.9. The van der Waals surface area contributed by atoms with Crippen LogP contribution in [0.2, 0.25) is 0 Å². The number of nitro groups is 1. The maximum absolute atomic E-state index is 13.5. The standard InChI is InChI=1S/C33H42N4O8/c1-5-43-32(38)29-23(2)34-24(3)30(31(29)25-10-8-11-26(22-25)37(40)41)33(39)45-20-9-14-35-15-17-36(18-16-35)19-21-44-28-13-7-6-12-27(28)42-4/h6-8,10-13,22,31,34H,5,9,14-21H2,1-4H3. The minimum Gasteiger partial charge on any atom is -0.493 e. The molecule has 0 radical (unpaired) electrons. The highest BCUT2D eigenvalue weighted by atomic mass is 16.6. The van der Waals surface area contributed by atoms with Crippen molar-refractivity contribution in [2.24, 2.45) is 0 Å². The lowest BCUT2D eigenvalue weighted by Gasteiger charge is -2.34. The molecule has 45 heavy (non-hydrogen) atoms. The average molecular weight is 623 g/mol. The Morgan fingerprint density at radius 1 is 0.889 bits per heavy atom. The van der Waals surface area contributed by atoms with Crippen LogP contribution in [0.1, 0.15) is 38.7 Å². The van der Waals surface area contributed by atoms with Crippen LogP contribution in [0, 0.1) is 10.1 Å². The van der Waals surface area contributed by atoms with E-state index in [9.17, 15) is 19.7 Å². The summed E-state index contributed by atoms with van der Waals surface area (Å²) in [5.41, 5.74) is 1.79. The number of piperazine rings is 1. The van der Waals surface area contributed by atoms with Gasteiger partial charge in [0.25, 0.3) is 5.69 Å². The van der Waals surface area contributed by atoms with Gasteiger partial charge in [-0.25, -0.2) is 9.59 Å². The third-order valence-corrected chi connectivity index (χ3v) is 7.94. The maximum Gasteiger partial charge on any atom is 0.336 e. The van der Waals surface area contributed by atoms with E-state index in [1.165, 1.54) is 12.1 Å². The van der Waals surface area contributed by atoms with Crippen molar-refractivity contribution >= 4 is 17.6 Å². The number of hydrogen-bond donors (Lipinski definition) is 1. The van der Waals surface area contributed by atoms with E-state index in [-0.39, 0.29) is 30.0 Å². The minimum atomic E-state index is -0.877. The summed E-state index contributed by atoms with van der Waals surface area (Å²) >= 11 is 0. The van der Waals surface area contributed by atoms with Crippen molar-refractivity contribution in [1.29, 1.82) is 0 Å². The van der Waals surface area contributed by atoms with E-state index >= 15 is 0 Å². The number of nitro benzene ring substituents is 1. The Balaban J connectivity index is 1.30. The van der Waals surface area contributed by atoms with Gasteiger partial charge in [0, 0.05) is 62.8 Å². The van der Waals surface area contributed by atoms with Crippen LogP contribution in [0.3, 0.4) is 0 Å². The van der Waals surface area contributed by atoms with Gasteiger partial charge in [0.05, 0.1) is 42.3 Å². The quantitative estimate of drug-likeness (QED) is 0.142. The van der Waals surface area contributed by atoms with Crippen molar-refractivity contribution < 1.29 is 33.5 Å². The predicted molar refractivity (Wildman–Crippen MR) is 168 cm³/mol. The molecular weight excluding hydrogens is 580 g/mol. The molecule has 2 aliphatic heterocycles. The highest BCUT2D eigenvalue weighted by Crippen LogP contribution is 2.40. The summed E-state index contributed by atoms with van der Waals surface area (Å²) in [6.45, 7) is 11.3. The highest BCUT2D eigenvalue weighted by Gasteiger charge is 2.38. The SMILES string of the molecule is CCOC(=O)C1=C(C)NC(C)=C(C(=O)OCCCN2CCN(CCOc3ccccc3OC)CC2)C1c1cccc([N+](=O)[O-])c1. The second kappa shape index (κ2) is 16.1. The van der Waals surface area contributed by atoms with Crippen molar-refractivity contribution in [3.63, 3.8) is 0 Å². The number of methoxy groups -OCH3 is 1. The molecule has 242 valence electrons. The number of carbonyl (C=O) groups is 2. The van der Waals surface area contributed by atoms with Gasteiger partial charge >= 0.3 is 11.9 Å². The molecule has 2 heterocycles. The smallest absolute Gasteiger partial charge is 0.336 e. The van der Waals surface area contributed by atoms with Crippen LogP contribution in [-0.2, 0) is 19.1 Å². The molecular formula is C33H42N4O8. The van der Waals surface area contributed by atoms with Crippen LogP contribution in [0.15, 0.2) is 71.1 Å². The number of nitrogens with zero attached hydrogens (tertiary/aromatic N) is 3. The number of esters is 2. The summed E-state index contributed by atoms with van der Waals surface area (Å²) in [5, 5.41) is 14.6. The van der Waals surface area contributed by atoms with Crippen molar-refractivity contribution in [1.82, 2.24) is 15.1 Å². The fraction of sp³-hybridized carbons (Fsp3) is 0.455. The number of benzene rings is 2. The first-order valence-electron chi connectivity index (χ1n) is 15.2. The van der Waals surface area contributed by atoms with Gasteiger partial charge in [0.2, 0.25) is 0 Å². The number of hydrogen-bond acceptors (Lipinski definition) is 11. The Hall–Kier alpha value is -4.42. The first-order valence-corrected chi connectivity index (χ1v) is 15.2. The van der Waals surface area contributed by atoms with E-state index in [2.05, 4.69) is 15.1 Å². The zero-order valence-corrected chi connectivity index (χ0v) is 26.4. The Morgan fingerprint density at radius 2 is 1.51 bits per heavy atom. The van der Waals surface area contributed by atoms with Gasteiger partial charge < -0.3 is 29.2 Å². The van der Waals surface area contributed by atoms with Gasteiger partial charge in [-0.1, -0.05) is 24.3 Å². The Kier molecular flexibility index (Phi) is 11.9. The number of non-ortho nitro benzene ring substituents is 1. The molecule has 1 unspecified atom stereocenters. The average Bonchev–Trinajstić information content (AvgIpc) is 3.03. The molecule has 12 nitrogen and oxygen atoms in total. The fourth-order valence-electron chi connectivity index (χ4n) is 5.69. The van der Waals surface area contributed by atoms with Crippen LogP contribution in [0.4, 0.5) is 5.69 Å². The summed E-state index contributed by atoms with van der Waals surface area (Å²) < 4.78 is 22.3. The lowest BCUT2D eigenvalue weighted by Crippen LogP contribution is -2.47. The van der Waals surface area contributed by atoms with Crippen molar-refractivity contribution in [3.8, 4) is 11.5 Å². The fourth-order valence-corrected chi connectivity index (χ4v) is 5.69. The van der Waals surface area contributed by atoms with E-state index in [1.54, 1.807) is 40.0 Å². The maximum atomic E-state index is 13.5. The lowest BCUT2D eigenvalue weighted by atomic mass is 9.80. The normalized spacial score (nSPS) is 17.5. The summed E-state index contributed by atoms with van der Waals surface area (Å²) in [5.74, 6) is -0.590. The zero-order chi connectivity index (χ0) is 32.3. The van der Waals surface area contributed by atoms with Crippen LogP contribution < -0.4 is 14.8 Å². The van der Waals surface area contributed by atoms with Crippen LogP contribution in [-0.4, -0.2) is 92.9 Å². The van der Waals surface area contributed by atoms with E-state index in [1.807, 2.05) is 24.3 Å². The predicted octanol–water partition coefficient (Wildman–Crippen LogP) is 4.03. The van der Waals surface area contributed by atoms with Gasteiger partial charge in [-0.15, -0.1) is 0 Å². The largest absolute Gasteiger partial charge is 0.493 e. The number of carbonyl (C=O) groups excluding carboxylic acids is 2. The molecule has 1 saturated heterocycles. The molecule has 0 saturated carbocycles. The molecule has 0 spiro atoms. The molecule has 2 aromatic rings. The molecule has 1 fully saturated rings. The molecule has 0 amide bonds. The van der Waals surface area contributed by atoms with E-state index in [0.29, 0.717) is 30.0 Å². The lowest BCUT2D eigenvalue weighted by molar-refractivity contribution is -0.384. The Labute approximate surface area is 263 Å². The molecule has 2 aromatic carbocycles. The van der Waals surface area contributed by atoms with E-state index in [0.717, 1.165) is 50.8 Å². The number of nitrogens with one attached hydrogen (secondary N) is 1. The zero-order valence-electron chi connectivity index (χ0n) is 26.4. The number of dihydropyridines is 1. The third kappa shape index (κ3) is 8.61. The number of para-hydroxylation sites is 2. The highest BCUT2D eigenvalue weighted by molar-refractivity contribution is 6.00. The summed E-state index contributed by atoms with van der Waals surface area (Å²) in [6, 6.07) is 13.6. The van der Waals surface area contributed by atoms with Gasteiger partial charge in [-0.05, 0) is 44.9 Å². The Morgan fingerprint density at radius 3 is 2.13 bits per heavy atom. The summed E-state index contributed by atoms with van der Waals surface area (Å²) in [6.07, 6.45) is 0.642. The van der Waals surface area contributed by atoms with Gasteiger partial charge in [0.1, 0.15) is 6.61 Å². The van der Waals surface area contributed by atoms with Crippen LogP contribution >= 0.6 is 0 Å². The number of rotatable bonds is 14. The minimum absolute atomic E-state index is 0.138. The van der Waals surface area contributed by atoms with E-state index in [4.69, 9.17) is 18.9 Å². The number of ether oxygens (including phenoxy) is 4. The van der Waals surface area contributed by atoms with Crippen molar-refractivity contribution in [2.45, 2.75) is 33.1 Å². The van der Waals surface area contributed by atoms with Gasteiger partial charge in [-0.3, -0.25) is 15.0 Å². The molecule has 1 atom stereocenters. The second-order valence-electron chi connectivity index (χ2n) is 10.9. The monoisotopic (exact) mass is 622 g/mol. The molecule has 4 rings (SSSR count).